The van der Waals surface area contributed by atoms with Crippen LogP contribution in [0.1, 0.15) is 24.3 Å². The fraction of sp³-hybridized carbons (Fsp3) is 0.333. The Labute approximate surface area is 105 Å². The number of nitrogens with two attached hydrogens (primary N) is 1. The molecule has 0 spiro atoms. The van der Waals surface area contributed by atoms with Crippen molar-refractivity contribution in [1.29, 1.82) is 5.41 Å². The molecule has 1 fully saturated rings. The van der Waals surface area contributed by atoms with Crippen LogP contribution in [-0.4, -0.2) is 30.1 Å². The molecule has 0 aliphatic carbocycles. The zero-order valence-corrected chi connectivity index (χ0v) is 10.1. The summed E-state index contributed by atoms with van der Waals surface area (Å²) in [6.45, 7) is 2.27. The van der Waals surface area contributed by atoms with E-state index in [0.717, 1.165) is 12.5 Å². The molecule has 0 saturated carbocycles. The van der Waals surface area contributed by atoms with Crippen molar-refractivity contribution in [2.75, 3.05) is 13.2 Å². The topological polar surface area (TPSA) is 106 Å². The van der Waals surface area contributed by atoms with Gasteiger partial charge in [-0.1, -0.05) is 24.3 Å². The van der Waals surface area contributed by atoms with Crippen molar-refractivity contribution in [3.63, 3.8) is 0 Å². The molecular formula is C12H16N2O4. The Morgan fingerprint density at radius 3 is 2.39 bits per heavy atom. The maximum Gasteiger partial charge on any atom is 0.300 e. The van der Waals surface area contributed by atoms with Crippen LogP contribution in [0, 0.1) is 5.41 Å². The van der Waals surface area contributed by atoms with Gasteiger partial charge < -0.3 is 20.3 Å². The normalized spacial score (nSPS) is 14.7. The summed E-state index contributed by atoms with van der Waals surface area (Å²) in [5.41, 5.74) is 6.97. The van der Waals surface area contributed by atoms with Crippen molar-refractivity contribution in [2.45, 2.75) is 13.2 Å². The standard InChI is InChI=1S/C10H12N2O2.C2H4O2/c11-9(12)7-3-1-2-4-8(7)10-13-5-6-14-10;1-2(3)4/h1-4,10H,5-6H2,(H3,11,12);1H3,(H,3,4). The van der Waals surface area contributed by atoms with Crippen LogP contribution in [0.25, 0.3) is 0 Å². The molecule has 1 aliphatic heterocycles. The van der Waals surface area contributed by atoms with Gasteiger partial charge in [0, 0.05) is 18.1 Å². The molecule has 0 aromatic heterocycles. The van der Waals surface area contributed by atoms with E-state index in [1.54, 1.807) is 6.07 Å². The first-order chi connectivity index (χ1) is 8.52. The van der Waals surface area contributed by atoms with Crippen LogP contribution in [0.3, 0.4) is 0 Å². The first-order valence-corrected chi connectivity index (χ1v) is 5.38. The predicted molar refractivity (Wildman–Crippen MR) is 65.4 cm³/mol. The minimum Gasteiger partial charge on any atom is -0.481 e. The van der Waals surface area contributed by atoms with Crippen molar-refractivity contribution in [3.05, 3.63) is 35.4 Å². The molecule has 0 bridgehead atoms. The predicted octanol–water partition coefficient (Wildman–Crippen LogP) is 1.11. The summed E-state index contributed by atoms with van der Waals surface area (Å²) in [5.74, 6) is -0.792. The third kappa shape index (κ3) is 4.15. The number of carbonyl (C=O) groups is 1. The number of carboxylic acid groups (broad SMARTS) is 1. The van der Waals surface area contributed by atoms with Gasteiger partial charge >= 0.3 is 0 Å². The van der Waals surface area contributed by atoms with E-state index in [9.17, 15) is 0 Å². The van der Waals surface area contributed by atoms with E-state index in [0.29, 0.717) is 18.8 Å². The van der Waals surface area contributed by atoms with Crippen molar-refractivity contribution < 1.29 is 19.4 Å². The third-order valence-corrected chi connectivity index (χ3v) is 2.13. The highest BCUT2D eigenvalue weighted by atomic mass is 16.7. The summed E-state index contributed by atoms with van der Waals surface area (Å²) >= 11 is 0. The van der Waals surface area contributed by atoms with E-state index in [-0.39, 0.29) is 12.1 Å². The molecule has 1 aliphatic rings. The van der Waals surface area contributed by atoms with Crippen molar-refractivity contribution in [3.8, 4) is 0 Å². The van der Waals surface area contributed by atoms with Crippen LogP contribution in [0.15, 0.2) is 24.3 Å². The summed E-state index contributed by atoms with van der Waals surface area (Å²) in [7, 11) is 0. The van der Waals surface area contributed by atoms with Crippen molar-refractivity contribution in [2.24, 2.45) is 5.73 Å². The fourth-order valence-corrected chi connectivity index (χ4v) is 1.49. The van der Waals surface area contributed by atoms with Gasteiger partial charge in [0.25, 0.3) is 5.97 Å². The average Bonchev–Trinajstić information content (AvgIpc) is 2.81. The highest BCUT2D eigenvalue weighted by Crippen LogP contribution is 2.25. The molecule has 0 amide bonds. The van der Waals surface area contributed by atoms with Gasteiger partial charge in [-0.05, 0) is 0 Å². The van der Waals surface area contributed by atoms with Crippen LogP contribution < -0.4 is 5.73 Å². The van der Waals surface area contributed by atoms with Crippen LogP contribution in [0.4, 0.5) is 0 Å². The monoisotopic (exact) mass is 252 g/mol. The molecule has 0 atom stereocenters. The van der Waals surface area contributed by atoms with Crippen molar-refractivity contribution >= 4 is 11.8 Å². The highest BCUT2D eigenvalue weighted by molar-refractivity contribution is 5.96. The number of rotatable bonds is 2. The molecule has 6 heteroatoms. The second-order valence-corrected chi connectivity index (χ2v) is 3.59. The summed E-state index contributed by atoms with van der Waals surface area (Å²) in [6, 6.07) is 7.39. The first kappa shape index (κ1) is 14.1. The molecule has 1 aromatic carbocycles. The van der Waals surface area contributed by atoms with E-state index in [1.165, 1.54) is 0 Å². The maximum absolute atomic E-state index is 9.00. The summed E-state index contributed by atoms with van der Waals surface area (Å²) in [4.78, 5) is 9.00. The number of hydrogen-bond donors (Lipinski definition) is 3. The summed E-state index contributed by atoms with van der Waals surface area (Å²) in [5, 5.41) is 14.8. The lowest BCUT2D eigenvalue weighted by molar-refractivity contribution is -0.134. The van der Waals surface area contributed by atoms with E-state index in [1.807, 2.05) is 18.2 Å². The molecule has 98 valence electrons. The van der Waals surface area contributed by atoms with E-state index in [2.05, 4.69) is 0 Å². The summed E-state index contributed by atoms with van der Waals surface area (Å²) < 4.78 is 10.7. The largest absolute Gasteiger partial charge is 0.481 e. The Bertz CT molecular complexity index is 424. The lowest BCUT2D eigenvalue weighted by Crippen LogP contribution is -2.15. The molecule has 0 unspecified atom stereocenters. The lowest BCUT2D eigenvalue weighted by Gasteiger charge is -2.13. The maximum atomic E-state index is 9.00. The minimum atomic E-state index is -0.833. The Hall–Kier alpha value is -1.92. The Morgan fingerprint density at radius 2 is 1.89 bits per heavy atom. The van der Waals surface area contributed by atoms with Gasteiger partial charge in [-0.2, -0.15) is 0 Å². The second kappa shape index (κ2) is 6.73. The zero-order valence-electron chi connectivity index (χ0n) is 10.1. The average molecular weight is 252 g/mol. The van der Waals surface area contributed by atoms with E-state index >= 15 is 0 Å². The number of nitrogen functional groups attached to an aromatic ring is 1. The van der Waals surface area contributed by atoms with E-state index < -0.39 is 5.97 Å². The number of ether oxygens (including phenoxy) is 2. The van der Waals surface area contributed by atoms with Gasteiger partial charge in [0.1, 0.15) is 5.84 Å². The molecule has 18 heavy (non-hydrogen) atoms. The number of benzene rings is 1. The minimum absolute atomic E-state index is 0.0414. The van der Waals surface area contributed by atoms with Gasteiger partial charge in [-0.25, -0.2) is 0 Å². The van der Waals surface area contributed by atoms with Gasteiger partial charge in [-0.3, -0.25) is 10.2 Å². The molecule has 1 saturated heterocycles. The first-order valence-electron chi connectivity index (χ1n) is 5.38. The molecular weight excluding hydrogens is 236 g/mol. The Balaban J connectivity index is 0.000000357. The Morgan fingerprint density at radius 1 is 1.39 bits per heavy atom. The number of carboxylic acids is 1. The molecule has 2 rings (SSSR count). The second-order valence-electron chi connectivity index (χ2n) is 3.59. The lowest BCUT2D eigenvalue weighted by atomic mass is 10.1. The van der Waals surface area contributed by atoms with Crippen LogP contribution in [-0.2, 0) is 14.3 Å². The fourth-order valence-electron chi connectivity index (χ4n) is 1.49. The summed E-state index contributed by atoms with van der Waals surface area (Å²) in [6.07, 6.45) is -0.366. The number of nitrogens with one attached hydrogen (secondary N) is 1. The van der Waals surface area contributed by atoms with Gasteiger partial charge in [0.15, 0.2) is 6.29 Å². The SMILES string of the molecule is CC(=O)O.N=C(N)c1ccccc1C1OCCO1. The van der Waals surface area contributed by atoms with E-state index in [4.69, 9.17) is 30.5 Å². The molecule has 6 nitrogen and oxygen atoms in total. The van der Waals surface area contributed by atoms with Gasteiger partial charge in [-0.15, -0.1) is 0 Å². The van der Waals surface area contributed by atoms with Gasteiger partial charge in [0.05, 0.1) is 13.2 Å². The zero-order chi connectivity index (χ0) is 13.5. The number of amidine groups is 1. The van der Waals surface area contributed by atoms with Crippen molar-refractivity contribution in [1.82, 2.24) is 0 Å². The number of aliphatic carboxylic acids is 1. The molecule has 1 aromatic rings. The number of hydrogen-bond acceptors (Lipinski definition) is 4. The van der Waals surface area contributed by atoms with Gasteiger partial charge in [0.2, 0.25) is 0 Å². The third-order valence-electron chi connectivity index (χ3n) is 2.13. The van der Waals surface area contributed by atoms with Crippen LogP contribution in [0.5, 0.6) is 0 Å². The quantitative estimate of drug-likeness (QED) is 0.540. The molecule has 0 radical (unpaired) electrons. The van der Waals surface area contributed by atoms with Crippen LogP contribution in [0.2, 0.25) is 0 Å². The van der Waals surface area contributed by atoms with Crippen LogP contribution >= 0.6 is 0 Å². The highest BCUT2D eigenvalue weighted by Gasteiger charge is 2.21. The molecule has 1 heterocycles. The smallest absolute Gasteiger partial charge is 0.300 e. The Kier molecular flexibility index (Phi) is 5.29. The molecule has 4 N–H and O–H groups in total.